The van der Waals surface area contributed by atoms with E-state index in [0.29, 0.717) is 0 Å². The van der Waals surface area contributed by atoms with E-state index in [2.05, 4.69) is 4.74 Å². The van der Waals surface area contributed by atoms with Crippen LogP contribution in [0.15, 0.2) is 24.3 Å². The highest BCUT2D eigenvalue weighted by molar-refractivity contribution is 6.57. The number of carbonyl (C=O) groups excluding carboxylic acids is 2. The summed E-state index contributed by atoms with van der Waals surface area (Å²) in [5, 5.41) is 0. The SMILES string of the molecule is COC(=O)c1ccccc1C(Cl)(Cl)C(C)=O. The molecule has 0 fully saturated rings. The molecule has 0 aliphatic rings. The number of halogens is 2. The van der Waals surface area contributed by atoms with Gasteiger partial charge in [0.15, 0.2) is 5.78 Å². The first kappa shape index (κ1) is 13.0. The summed E-state index contributed by atoms with van der Waals surface area (Å²) in [6.45, 7) is 1.26. The van der Waals surface area contributed by atoms with Crippen LogP contribution in [0.3, 0.4) is 0 Å². The molecule has 0 N–H and O–H groups in total. The zero-order valence-electron chi connectivity index (χ0n) is 8.79. The van der Waals surface area contributed by atoms with Crippen LogP contribution in [0.2, 0.25) is 0 Å². The standard InChI is InChI=1S/C11H10Cl2O3/c1-7(14)11(12,13)9-6-4-3-5-8(9)10(15)16-2/h3-6H,1-2H3. The number of hydrogen-bond donors (Lipinski definition) is 0. The number of alkyl halides is 2. The van der Waals surface area contributed by atoms with Crippen molar-refractivity contribution in [1.29, 1.82) is 0 Å². The topological polar surface area (TPSA) is 43.4 Å². The fourth-order valence-corrected chi connectivity index (χ4v) is 1.56. The van der Waals surface area contributed by atoms with Crippen LogP contribution < -0.4 is 0 Å². The number of carbonyl (C=O) groups is 2. The van der Waals surface area contributed by atoms with Crippen LogP contribution in [0.25, 0.3) is 0 Å². The summed E-state index contributed by atoms with van der Waals surface area (Å²) in [5.74, 6) is -1.03. The molecule has 0 saturated heterocycles. The molecule has 0 amide bonds. The Morgan fingerprint density at radius 2 is 1.81 bits per heavy atom. The largest absolute Gasteiger partial charge is 0.465 e. The number of rotatable bonds is 3. The summed E-state index contributed by atoms with van der Waals surface area (Å²) in [7, 11) is 1.25. The zero-order valence-corrected chi connectivity index (χ0v) is 10.3. The van der Waals surface area contributed by atoms with Crippen LogP contribution in [0.5, 0.6) is 0 Å². The number of esters is 1. The summed E-state index contributed by atoms with van der Waals surface area (Å²) in [4.78, 5) is 22.8. The summed E-state index contributed by atoms with van der Waals surface area (Å²) in [6.07, 6.45) is 0. The van der Waals surface area contributed by atoms with Crippen LogP contribution >= 0.6 is 23.2 Å². The maximum Gasteiger partial charge on any atom is 0.338 e. The third kappa shape index (κ3) is 2.36. The van der Waals surface area contributed by atoms with Gasteiger partial charge in [-0.2, -0.15) is 0 Å². The van der Waals surface area contributed by atoms with E-state index in [9.17, 15) is 9.59 Å². The molecule has 5 heteroatoms. The summed E-state index contributed by atoms with van der Waals surface area (Å²) >= 11 is 11.8. The fourth-order valence-electron chi connectivity index (χ4n) is 1.23. The Hall–Kier alpha value is -1.06. The molecule has 1 rings (SSSR count). The van der Waals surface area contributed by atoms with Gasteiger partial charge in [0.2, 0.25) is 4.33 Å². The van der Waals surface area contributed by atoms with Gasteiger partial charge in [-0.15, -0.1) is 0 Å². The van der Waals surface area contributed by atoms with Crippen molar-refractivity contribution in [1.82, 2.24) is 0 Å². The van der Waals surface area contributed by atoms with E-state index in [1.165, 1.54) is 26.2 Å². The predicted octanol–water partition coefficient (Wildman–Crippen LogP) is 2.69. The van der Waals surface area contributed by atoms with Crippen molar-refractivity contribution in [2.75, 3.05) is 7.11 Å². The first-order valence-corrected chi connectivity index (χ1v) is 5.23. The Labute approximate surface area is 103 Å². The lowest BCUT2D eigenvalue weighted by atomic mass is 10.0. The van der Waals surface area contributed by atoms with Gasteiger partial charge in [-0.1, -0.05) is 41.4 Å². The lowest BCUT2D eigenvalue weighted by Crippen LogP contribution is -2.23. The predicted molar refractivity (Wildman–Crippen MR) is 61.8 cm³/mol. The molecule has 0 unspecified atom stereocenters. The van der Waals surface area contributed by atoms with Crippen molar-refractivity contribution in [3.63, 3.8) is 0 Å². The number of methoxy groups -OCH3 is 1. The molecule has 0 aromatic heterocycles. The summed E-state index contributed by atoms with van der Waals surface area (Å²) in [6, 6.07) is 6.31. The average Bonchev–Trinajstić information content (AvgIpc) is 2.27. The zero-order chi connectivity index (χ0) is 12.3. The minimum Gasteiger partial charge on any atom is -0.465 e. The quantitative estimate of drug-likeness (QED) is 0.620. The van der Waals surface area contributed by atoms with Crippen LogP contribution in [0.4, 0.5) is 0 Å². The van der Waals surface area contributed by atoms with Gasteiger partial charge in [-0.3, -0.25) is 4.79 Å². The van der Waals surface area contributed by atoms with E-state index in [1.807, 2.05) is 0 Å². The Morgan fingerprint density at radius 1 is 1.25 bits per heavy atom. The van der Waals surface area contributed by atoms with E-state index in [-0.39, 0.29) is 11.1 Å². The molecule has 3 nitrogen and oxygen atoms in total. The highest BCUT2D eigenvalue weighted by Crippen LogP contribution is 2.36. The lowest BCUT2D eigenvalue weighted by molar-refractivity contribution is -0.117. The highest BCUT2D eigenvalue weighted by Gasteiger charge is 2.35. The third-order valence-electron chi connectivity index (χ3n) is 2.11. The molecule has 16 heavy (non-hydrogen) atoms. The van der Waals surface area contributed by atoms with Crippen molar-refractivity contribution in [2.45, 2.75) is 11.3 Å². The minimum absolute atomic E-state index is 0.185. The number of ether oxygens (including phenoxy) is 1. The Morgan fingerprint density at radius 3 is 2.31 bits per heavy atom. The Bertz CT molecular complexity index is 427. The van der Waals surface area contributed by atoms with E-state index in [0.717, 1.165) is 0 Å². The first-order valence-electron chi connectivity index (χ1n) is 4.48. The van der Waals surface area contributed by atoms with Crippen molar-refractivity contribution >= 4 is 35.0 Å². The second kappa shape index (κ2) is 4.85. The second-order valence-corrected chi connectivity index (χ2v) is 4.50. The van der Waals surface area contributed by atoms with Gasteiger partial charge >= 0.3 is 5.97 Å². The molecule has 0 atom stereocenters. The molecule has 0 spiro atoms. The molecule has 86 valence electrons. The number of benzene rings is 1. The van der Waals surface area contributed by atoms with Gasteiger partial charge < -0.3 is 4.74 Å². The average molecular weight is 261 g/mol. The number of ketones is 1. The van der Waals surface area contributed by atoms with E-state index in [4.69, 9.17) is 23.2 Å². The van der Waals surface area contributed by atoms with Crippen LogP contribution in [0.1, 0.15) is 22.8 Å². The molecule has 0 heterocycles. The highest BCUT2D eigenvalue weighted by atomic mass is 35.5. The Kier molecular flexibility index (Phi) is 3.94. The van der Waals surface area contributed by atoms with Gasteiger partial charge in [-0.05, 0) is 13.0 Å². The molecule has 0 bridgehead atoms. The van der Waals surface area contributed by atoms with Crippen molar-refractivity contribution in [3.8, 4) is 0 Å². The summed E-state index contributed by atoms with van der Waals surface area (Å²) < 4.78 is 2.85. The lowest BCUT2D eigenvalue weighted by Gasteiger charge is -2.18. The maximum absolute atomic E-state index is 11.5. The van der Waals surface area contributed by atoms with Crippen LogP contribution in [-0.4, -0.2) is 18.9 Å². The van der Waals surface area contributed by atoms with Gasteiger partial charge in [0.05, 0.1) is 12.7 Å². The monoisotopic (exact) mass is 260 g/mol. The third-order valence-corrected chi connectivity index (χ3v) is 3.05. The molecule has 0 aliphatic heterocycles. The summed E-state index contributed by atoms with van der Waals surface area (Å²) in [5.41, 5.74) is 0.419. The van der Waals surface area contributed by atoms with Crippen molar-refractivity contribution in [3.05, 3.63) is 35.4 Å². The first-order chi connectivity index (χ1) is 7.41. The molecule has 0 saturated carbocycles. The van der Waals surface area contributed by atoms with Gasteiger partial charge in [-0.25, -0.2) is 4.79 Å². The van der Waals surface area contributed by atoms with E-state index < -0.39 is 16.1 Å². The smallest absolute Gasteiger partial charge is 0.338 e. The number of Topliss-reactive ketones (excluding diaryl/α,β-unsaturated/α-hetero) is 1. The molecule has 1 aromatic rings. The van der Waals surface area contributed by atoms with Crippen molar-refractivity contribution in [2.24, 2.45) is 0 Å². The number of hydrogen-bond acceptors (Lipinski definition) is 3. The van der Waals surface area contributed by atoms with Gasteiger partial charge in [0.1, 0.15) is 0 Å². The second-order valence-electron chi connectivity index (χ2n) is 3.17. The van der Waals surface area contributed by atoms with E-state index in [1.54, 1.807) is 12.1 Å². The fraction of sp³-hybridized carbons (Fsp3) is 0.273. The van der Waals surface area contributed by atoms with E-state index >= 15 is 0 Å². The Balaban J connectivity index is 3.34. The molecular weight excluding hydrogens is 251 g/mol. The van der Waals surface area contributed by atoms with Crippen LogP contribution in [-0.2, 0) is 13.9 Å². The van der Waals surface area contributed by atoms with Crippen molar-refractivity contribution < 1.29 is 14.3 Å². The van der Waals surface area contributed by atoms with Gasteiger partial charge in [0, 0.05) is 5.56 Å². The molecule has 0 radical (unpaired) electrons. The van der Waals surface area contributed by atoms with Gasteiger partial charge in [0.25, 0.3) is 0 Å². The minimum atomic E-state index is -1.73. The maximum atomic E-state index is 11.5. The molecule has 0 aliphatic carbocycles. The molecule has 1 aromatic carbocycles. The normalized spacial score (nSPS) is 11.0. The van der Waals surface area contributed by atoms with Crippen LogP contribution in [0, 0.1) is 0 Å². The molecular formula is C11H10Cl2O3.